The fourth-order valence-corrected chi connectivity index (χ4v) is 2.35. The van der Waals surface area contributed by atoms with Crippen molar-refractivity contribution in [3.8, 4) is 17.2 Å². The van der Waals surface area contributed by atoms with Crippen LogP contribution in [0.1, 0.15) is 30.5 Å². The van der Waals surface area contributed by atoms with E-state index in [9.17, 15) is 5.11 Å². The van der Waals surface area contributed by atoms with Crippen molar-refractivity contribution in [3.05, 3.63) is 64.7 Å². The Hall–Kier alpha value is -2.68. The zero-order valence-electron chi connectivity index (χ0n) is 14.7. The van der Waals surface area contributed by atoms with Crippen LogP contribution in [0.4, 0.5) is 0 Å². The summed E-state index contributed by atoms with van der Waals surface area (Å²) in [5.41, 5.74) is 4.11. The van der Waals surface area contributed by atoms with Crippen molar-refractivity contribution >= 4 is 12.2 Å². The lowest BCUT2D eigenvalue weighted by Crippen LogP contribution is -1.92. The first-order valence-electron chi connectivity index (χ1n) is 7.89. The van der Waals surface area contributed by atoms with E-state index < -0.39 is 0 Å². The van der Waals surface area contributed by atoms with Crippen molar-refractivity contribution in [1.82, 2.24) is 0 Å². The molecule has 0 fully saturated rings. The van der Waals surface area contributed by atoms with Gasteiger partial charge >= 0.3 is 0 Å². The highest BCUT2D eigenvalue weighted by Crippen LogP contribution is 2.30. The molecule has 0 saturated heterocycles. The van der Waals surface area contributed by atoms with Crippen LogP contribution in [0, 0.1) is 0 Å². The zero-order chi connectivity index (χ0) is 17.5. The fourth-order valence-electron chi connectivity index (χ4n) is 2.35. The topological polar surface area (TPSA) is 38.7 Å². The predicted octanol–water partition coefficient (Wildman–Crippen LogP) is 5.09. The summed E-state index contributed by atoms with van der Waals surface area (Å²) >= 11 is 0. The Bertz CT molecular complexity index is 736. The molecular formula is C21H24O3. The van der Waals surface area contributed by atoms with E-state index in [1.165, 1.54) is 5.57 Å². The van der Waals surface area contributed by atoms with Gasteiger partial charge in [0.15, 0.2) is 0 Å². The maximum absolute atomic E-state index is 10.3. The number of methoxy groups -OCH3 is 2. The van der Waals surface area contributed by atoms with E-state index in [4.69, 9.17) is 9.47 Å². The van der Waals surface area contributed by atoms with Crippen molar-refractivity contribution in [3.63, 3.8) is 0 Å². The SMILES string of the molecule is COc1ccc(/C=C/c2cc(OC)cc(O)c2CC=C(C)C)cc1. The lowest BCUT2D eigenvalue weighted by atomic mass is 10.0. The minimum Gasteiger partial charge on any atom is -0.507 e. The van der Waals surface area contributed by atoms with E-state index in [1.54, 1.807) is 20.3 Å². The van der Waals surface area contributed by atoms with Gasteiger partial charge in [0.25, 0.3) is 0 Å². The molecule has 0 amide bonds. The number of hydrogen-bond acceptors (Lipinski definition) is 3. The molecule has 2 aromatic rings. The third-order valence-electron chi connectivity index (χ3n) is 3.76. The Labute approximate surface area is 143 Å². The molecule has 0 aliphatic rings. The van der Waals surface area contributed by atoms with Gasteiger partial charge in [-0.05, 0) is 49.6 Å². The Kier molecular flexibility index (Phi) is 6.07. The van der Waals surface area contributed by atoms with Crippen molar-refractivity contribution in [2.24, 2.45) is 0 Å². The number of phenols is 1. The molecule has 0 saturated carbocycles. The van der Waals surface area contributed by atoms with Crippen LogP contribution >= 0.6 is 0 Å². The second-order valence-corrected chi connectivity index (χ2v) is 5.81. The van der Waals surface area contributed by atoms with Crippen LogP contribution < -0.4 is 9.47 Å². The van der Waals surface area contributed by atoms with Gasteiger partial charge in [-0.25, -0.2) is 0 Å². The quantitative estimate of drug-likeness (QED) is 0.594. The summed E-state index contributed by atoms with van der Waals surface area (Å²) in [6.07, 6.45) is 6.80. The highest BCUT2D eigenvalue weighted by Gasteiger charge is 2.08. The number of benzene rings is 2. The monoisotopic (exact) mass is 324 g/mol. The first-order valence-corrected chi connectivity index (χ1v) is 7.89. The molecule has 0 aromatic heterocycles. The molecule has 24 heavy (non-hydrogen) atoms. The van der Waals surface area contributed by atoms with E-state index in [0.29, 0.717) is 12.2 Å². The van der Waals surface area contributed by atoms with Crippen molar-refractivity contribution < 1.29 is 14.6 Å². The smallest absolute Gasteiger partial charge is 0.123 e. The largest absolute Gasteiger partial charge is 0.507 e. The summed E-state index contributed by atoms with van der Waals surface area (Å²) in [6, 6.07) is 11.4. The predicted molar refractivity (Wildman–Crippen MR) is 99.7 cm³/mol. The second kappa shape index (κ2) is 8.25. The molecule has 3 nitrogen and oxygen atoms in total. The molecule has 2 aromatic carbocycles. The van der Waals surface area contributed by atoms with Crippen LogP contribution in [0.5, 0.6) is 17.2 Å². The third-order valence-corrected chi connectivity index (χ3v) is 3.76. The number of phenolic OH excluding ortho intramolecular Hbond substituents is 1. The number of aromatic hydroxyl groups is 1. The maximum atomic E-state index is 10.3. The summed E-state index contributed by atoms with van der Waals surface area (Å²) < 4.78 is 10.4. The summed E-state index contributed by atoms with van der Waals surface area (Å²) in [5.74, 6) is 1.72. The summed E-state index contributed by atoms with van der Waals surface area (Å²) in [7, 11) is 3.25. The Balaban J connectivity index is 2.36. The molecule has 2 rings (SSSR count). The van der Waals surface area contributed by atoms with Crippen LogP contribution in [-0.2, 0) is 6.42 Å². The molecule has 3 heteroatoms. The first kappa shape index (κ1) is 17.7. The van der Waals surface area contributed by atoms with Crippen LogP contribution in [0.25, 0.3) is 12.2 Å². The fraction of sp³-hybridized carbons (Fsp3) is 0.238. The summed E-state index contributed by atoms with van der Waals surface area (Å²) in [6.45, 7) is 4.10. The lowest BCUT2D eigenvalue weighted by molar-refractivity contribution is 0.406. The Morgan fingerprint density at radius 3 is 2.21 bits per heavy atom. The molecule has 0 aliphatic heterocycles. The standard InChI is InChI=1S/C21H24O3/c1-15(2)5-12-20-17(13-19(24-4)14-21(20)22)9-6-16-7-10-18(23-3)11-8-16/h5-11,13-14,22H,12H2,1-4H3/b9-6+. The van der Waals surface area contributed by atoms with Crippen molar-refractivity contribution in [1.29, 1.82) is 0 Å². The minimum atomic E-state index is 0.251. The van der Waals surface area contributed by atoms with E-state index in [-0.39, 0.29) is 5.75 Å². The number of hydrogen-bond donors (Lipinski definition) is 1. The molecule has 1 N–H and O–H groups in total. The number of rotatable bonds is 6. The van der Waals surface area contributed by atoms with Gasteiger partial charge in [-0.2, -0.15) is 0 Å². The second-order valence-electron chi connectivity index (χ2n) is 5.81. The molecule has 126 valence electrons. The minimum absolute atomic E-state index is 0.251. The lowest BCUT2D eigenvalue weighted by Gasteiger charge is -2.10. The molecule has 0 spiro atoms. The number of allylic oxidation sites excluding steroid dienone is 2. The highest BCUT2D eigenvalue weighted by atomic mass is 16.5. The van der Waals surface area contributed by atoms with Gasteiger partial charge in [0.05, 0.1) is 14.2 Å². The first-order chi connectivity index (χ1) is 11.5. The van der Waals surface area contributed by atoms with Gasteiger partial charge in [-0.15, -0.1) is 0 Å². The normalized spacial score (nSPS) is 10.7. The van der Waals surface area contributed by atoms with Crippen LogP contribution in [0.2, 0.25) is 0 Å². The van der Waals surface area contributed by atoms with Crippen LogP contribution in [-0.4, -0.2) is 19.3 Å². The summed E-state index contributed by atoms with van der Waals surface area (Å²) in [5, 5.41) is 10.3. The van der Waals surface area contributed by atoms with Gasteiger partial charge < -0.3 is 14.6 Å². The third kappa shape index (κ3) is 4.66. The van der Waals surface area contributed by atoms with E-state index in [0.717, 1.165) is 22.4 Å². The molecule has 0 aliphatic carbocycles. The average molecular weight is 324 g/mol. The molecule has 0 bridgehead atoms. The molecule has 0 radical (unpaired) electrons. The van der Waals surface area contributed by atoms with Gasteiger partial charge in [-0.3, -0.25) is 0 Å². The summed E-state index contributed by atoms with van der Waals surface area (Å²) in [4.78, 5) is 0. The van der Waals surface area contributed by atoms with Crippen LogP contribution in [0.15, 0.2) is 48.0 Å². The van der Waals surface area contributed by atoms with Crippen molar-refractivity contribution in [2.45, 2.75) is 20.3 Å². The van der Waals surface area contributed by atoms with Crippen LogP contribution in [0.3, 0.4) is 0 Å². The van der Waals surface area contributed by atoms with E-state index in [1.807, 2.05) is 56.3 Å². The molecule has 0 unspecified atom stereocenters. The van der Waals surface area contributed by atoms with Gasteiger partial charge in [0, 0.05) is 11.6 Å². The van der Waals surface area contributed by atoms with E-state index >= 15 is 0 Å². The zero-order valence-corrected chi connectivity index (χ0v) is 14.7. The van der Waals surface area contributed by atoms with Gasteiger partial charge in [0.2, 0.25) is 0 Å². The molecular weight excluding hydrogens is 300 g/mol. The Morgan fingerprint density at radius 2 is 1.62 bits per heavy atom. The Morgan fingerprint density at radius 1 is 0.958 bits per heavy atom. The molecule has 0 heterocycles. The van der Waals surface area contributed by atoms with Gasteiger partial charge in [-0.1, -0.05) is 35.9 Å². The van der Waals surface area contributed by atoms with E-state index in [2.05, 4.69) is 6.08 Å². The van der Waals surface area contributed by atoms with Gasteiger partial charge in [0.1, 0.15) is 17.2 Å². The highest BCUT2D eigenvalue weighted by molar-refractivity contribution is 5.73. The number of ether oxygens (including phenoxy) is 2. The van der Waals surface area contributed by atoms with Crippen molar-refractivity contribution in [2.75, 3.05) is 14.2 Å². The molecule has 0 atom stereocenters. The maximum Gasteiger partial charge on any atom is 0.123 e. The average Bonchev–Trinajstić information content (AvgIpc) is 2.58.